The molecular formula is C30H34N2O4. The predicted molar refractivity (Wildman–Crippen MR) is 143 cm³/mol. The molecule has 1 saturated heterocycles. The number of oxime groups is 1. The van der Waals surface area contributed by atoms with E-state index in [1.165, 1.54) is 30.4 Å². The molecule has 0 spiro atoms. The second-order valence-corrected chi connectivity index (χ2v) is 9.11. The van der Waals surface area contributed by atoms with E-state index in [-0.39, 0.29) is 6.42 Å². The van der Waals surface area contributed by atoms with Crippen LogP contribution in [0.1, 0.15) is 36.0 Å². The van der Waals surface area contributed by atoms with Crippen LogP contribution in [0.4, 0.5) is 0 Å². The summed E-state index contributed by atoms with van der Waals surface area (Å²) < 4.78 is 5.86. The van der Waals surface area contributed by atoms with Crippen molar-refractivity contribution in [2.24, 2.45) is 5.16 Å². The lowest BCUT2D eigenvalue weighted by Gasteiger charge is -2.26. The lowest BCUT2D eigenvalue weighted by atomic mass is 10.0. The maximum atomic E-state index is 11.1. The Labute approximate surface area is 213 Å². The van der Waals surface area contributed by atoms with Crippen molar-refractivity contribution in [2.45, 2.75) is 32.6 Å². The van der Waals surface area contributed by atoms with E-state index in [1.807, 2.05) is 43.3 Å². The second-order valence-electron chi connectivity index (χ2n) is 9.11. The first-order chi connectivity index (χ1) is 17.6. The number of rotatable bonds is 11. The van der Waals surface area contributed by atoms with Crippen LogP contribution in [0, 0.1) is 6.92 Å². The molecule has 1 aliphatic heterocycles. The summed E-state index contributed by atoms with van der Waals surface area (Å²) in [5.74, 6) is -0.183. The van der Waals surface area contributed by atoms with Crippen LogP contribution in [0.5, 0.6) is 5.75 Å². The Morgan fingerprint density at radius 3 is 2.33 bits per heavy atom. The molecule has 188 valence electrons. The van der Waals surface area contributed by atoms with Crippen molar-refractivity contribution in [3.63, 3.8) is 0 Å². The number of hydrogen-bond donors (Lipinski definition) is 1. The Balaban J connectivity index is 1.40. The molecule has 0 aliphatic carbocycles. The van der Waals surface area contributed by atoms with Crippen LogP contribution in [-0.2, 0) is 16.1 Å². The minimum absolute atomic E-state index is 0.0211. The van der Waals surface area contributed by atoms with Gasteiger partial charge in [0.2, 0.25) is 0 Å². The Bertz CT molecular complexity index is 1150. The molecule has 0 atom stereocenters. The van der Waals surface area contributed by atoms with Gasteiger partial charge in [0.25, 0.3) is 0 Å². The Kier molecular flexibility index (Phi) is 9.11. The quantitative estimate of drug-likeness (QED) is 0.218. The maximum absolute atomic E-state index is 11.1. The minimum atomic E-state index is -0.856. The minimum Gasteiger partial charge on any atom is -0.490 e. The molecule has 1 aliphatic rings. The maximum Gasteiger partial charge on any atom is 0.307 e. The average Bonchev–Trinajstić information content (AvgIpc) is 2.91. The number of carbonyl (C=O) groups is 1. The summed E-state index contributed by atoms with van der Waals surface area (Å²) in [7, 11) is 0. The smallest absolute Gasteiger partial charge is 0.307 e. The van der Waals surface area contributed by atoms with Crippen LogP contribution in [-0.4, -0.2) is 54.5 Å². The van der Waals surface area contributed by atoms with Gasteiger partial charge in [0, 0.05) is 12.1 Å². The molecule has 1 N–H and O–H groups in total. The first-order valence-electron chi connectivity index (χ1n) is 12.6. The largest absolute Gasteiger partial charge is 0.490 e. The first-order valence-corrected chi connectivity index (χ1v) is 12.6. The Morgan fingerprint density at radius 2 is 1.61 bits per heavy atom. The van der Waals surface area contributed by atoms with Crippen molar-refractivity contribution in [2.75, 3.05) is 32.8 Å². The number of likely N-dealkylation sites (tertiary alicyclic amines) is 1. The topological polar surface area (TPSA) is 71.4 Å². The first kappa shape index (κ1) is 25.5. The van der Waals surface area contributed by atoms with Crippen molar-refractivity contribution in [1.82, 2.24) is 4.90 Å². The third-order valence-electron chi connectivity index (χ3n) is 6.49. The third kappa shape index (κ3) is 7.18. The van der Waals surface area contributed by atoms with E-state index in [9.17, 15) is 4.79 Å². The van der Waals surface area contributed by atoms with E-state index in [2.05, 4.69) is 46.5 Å². The van der Waals surface area contributed by atoms with Crippen LogP contribution in [0.2, 0.25) is 0 Å². The van der Waals surface area contributed by atoms with Gasteiger partial charge in [-0.3, -0.25) is 9.69 Å². The molecule has 1 fully saturated rings. The number of aliphatic carboxylic acids is 1. The number of ether oxygens (including phenoxy) is 1. The molecule has 0 radical (unpaired) electrons. The Morgan fingerprint density at radius 1 is 0.889 bits per heavy atom. The molecule has 3 aromatic rings. The van der Waals surface area contributed by atoms with Gasteiger partial charge in [-0.1, -0.05) is 78.3 Å². The van der Waals surface area contributed by atoms with Gasteiger partial charge in [-0.2, -0.15) is 0 Å². The zero-order valence-electron chi connectivity index (χ0n) is 20.9. The van der Waals surface area contributed by atoms with E-state index in [4.69, 9.17) is 14.7 Å². The lowest BCUT2D eigenvalue weighted by Crippen LogP contribution is -2.35. The fourth-order valence-corrected chi connectivity index (χ4v) is 4.47. The highest BCUT2D eigenvalue weighted by Gasteiger charge is 2.15. The van der Waals surface area contributed by atoms with Gasteiger partial charge in [-0.15, -0.1) is 0 Å². The molecular weight excluding hydrogens is 452 g/mol. The molecule has 6 nitrogen and oxygen atoms in total. The number of benzene rings is 3. The molecule has 0 amide bonds. The van der Waals surface area contributed by atoms with Gasteiger partial charge in [0.05, 0.1) is 6.42 Å². The van der Waals surface area contributed by atoms with Crippen LogP contribution in [0.25, 0.3) is 11.1 Å². The monoisotopic (exact) mass is 486 g/mol. The standard InChI is InChI=1S/C30H34N2O4/c1-23-27(21-30(33)34)11-8-12-29(23)35-19-20-36-31-28(22-32-17-6-3-7-18-32)26-15-13-25(14-16-26)24-9-4-2-5-10-24/h2,4-5,8-16H,3,6-7,17-22H2,1H3,(H,33,34)/b31-28+. The number of carboxylic acid groups (broad SMARTS) is 1. The van der Waals surface area contributed by atoms with Gasteiger partial charge in [0.15, 0.2) is 6.61 Å². The highest BCUT2D eigenvalue weighted by atomic mass is 16.6. The summed E-state index contributed by atoms with van der Waals surface area (Å²) in [5, 5.41) is 13.6. The predicted octanol–water partition coefficient (Wildman–Crippen LogP) is 5.57. The molecule has 36 heavy (non-hydrogen) atoms. The highest BCUT2D eigenvalue weighted by molar-refractivity contribution is 6.02. The van der Waals surface area contributed by atoms with Crippen molar-refractivity contribution >= 4 is 11.7 Å². The molecule has 1 heterocycles. The van der Waals surface area contributed by atoms with Crippen molar-refractivity contribution in [3.05, 3.63) is 89.5 Å². The number of carboxylic acids is 1. The summed E-state index contributed by atoms with van der Waals surface area (Å²) >= 11 is 0. The van der Waals surface area contributed by atoms with Gasteiger partial charge in [-0.05, 0) is 61.2 Å². The summed E-state index contributed by atoms with van der Waals surface area (Å²) in [6.07, 6.45) is 3.70. The van der Waals surface area contributed by atoms with Crippen LogP contribution in [0.3, 0.4) is 0 Å². The normalized spacial score (nSPS) is 14.4. The summed E-state index contributed by atoms with van der Waals surface area (Å²) in [4.78, 5) is 19.2. The fourth-order valence-electron chi connectivity index (χ4n) is 4.47. The van der Waals surface area contributed by atoms with Crippen LogP contribution < -0.4 is 4.74 Å². The third-order valence-corrected chi connectivity index (χ3v) is 6.49. The molecule has 0 saturated carbocycles. The van der Waals surface area contributed by atoms with Gasteiger partial charge in [-0.25, -0.2) is 0 Å². The lowest BCUT2D eigenvalue weighted by molar-refractivity contribution is -0.136. The molecule has 0 aromatic heterocycles. The van der Waals surface area contributed by atoms with E-state index < -0.39 is 5.97 Å². The van der Waals surface area contributed by atoms with Crippen molar-refractivity contribution in [1.29, 1.82) is 0 Å². The molecule has 0 unspecified atom stereocenters. The number of nitrogens with zero attached hydrogens (tertiary/aromatic N) is 2. The average molecular weight is 487 g/mol. The molecule has 6 heteroatoms. The van der Waals surface area contributed by atoms with E-state index >= 15 is 0 Å². The van der Waals surface area contributed by atoms with Crippen LogP contribution >= 0.6 is 0 Å². The highest BCUT2D eigenvalue weighted by Crippen LogP contribution is 2.22. The van der Waals surface area contributed by atoms with Gasteiger partial charge < -0.3 is 14.7 Å². The summed E-state index contributed by atoms with van der Waals surface area (Å²) in [5.41, 5.74) is 5.92. The van der Waals surface area contributed by atoms with E-state index in [1.54, 1.807) is 0 Å². The van der Waals surface area contributed by atoms with E-state index in [0.717, 1.165) is 42.0 Å². The number of hydrogen-bond acceptors (Lipinski definition) is 5. The summed E-state index contributed by atoms with van der Waals surface area (Å²) in [6, 6.07) is 24.3. The zero-order valence-corrected chi connectivity index (χ0v) is 20.9. The number of piperidine rings is 1. The molecule has 0 bridgehead atoms. The molecule has 4 rings (SSSR count). The van der Waals surface area contributed by atoms with Crippen LogP contribution in [0.15, 0.2) is 78.0 Å². The van der Waals surface area contributed by atoms with E-state index in [0.29, 0.717) is 19.0 Å². The SMILES string of the molecule is Cc1c(CC(=O)O)cccc1OCCO/N=C(\CN1CCCCC1)c1ccc(-c2ccccc2)cc1. The second kappa shape index (κ2) is 12.9. The molecule has 3 aromatic carbocycles. The Hall–Kier alpha value is -3.64. The fraction of sp³-hybridized carbons (Fsp3) is 0.333. The zero-order chi connectivity index (χ0) is 25.2. The van der Waals surface area contributed by atoms with Crippen molar-refractivity contribution < 1.29 is 19.5 Å². The van der Waals surface area contributed by atoms with Gasteiger partial charge in [0.1, 0.15) is 18.1 Å². The van der Waals surface area contributed by atoms with Gasteiger partial charge >= 0.3 is 5.97 Å². The summed E-state index contributed by atoms with van der Waals surface area (Å²) in [6.45, 7) is 5.41. The van der Waals surface area contributed by atoms with Crippen molar-refractivity contribution in [3.8, 4) is 16.9 Å².